The third-order valence-corrected chi connectivity index (χ3v) is 3.53. The van der Waals surface area contributed by atoms with Crippen molar-refractivity contribution in [2.75, 3.05) is 25.0 Å². The molecule has 0 aliphatic heterocycles. The standard InChI is InChI=1S/C17H26ClN3O2/c1-6-21(11-16(23)20-17(3,4)5)10-15(22)19-14-8-7-13(18)9-12(14)2/h7-9H,6,10-11H2,1-5H3,(H,19,22)(H,20,23)/p+1. The van der Waals surface area contributed by atoms with Crippen LogP contribution in [-0.2, 0) is 9.59 Å². The first-order valence-electron chi connectivity index (χ1n) is 7.81. The maximum Gasteiger partial charge on any atom is 0.279 e. The Morgan fingerprint density at radius 3 is 2.30 bits per heavy atom. The van der Waals surface area contributed by atoms with E-state index in [4.69, 9.17) is 11.6 Å². The molecule has 0 aliphatic carbocycles. The fourth-order valence-electron chi connectivity index (χ4n) is 2.19. The lowest BCUT2D eigenvalue weighted by Crippen LogP contribution is -3.14. The van der Waals surface area contributed by atoms with Crippen LogP contribution in [0.5, 0.6) is 0 Å². The SMILES string of the molecule is CC[NH+](CC(=O)Nc1ccc(Cl)cc1C)CC(=O)NC(C)(C)C. The predicted molar refractivity (Wildman–Crippen MR) is 94.0 cm³/mol. The summed E-state index contributed by atoms with van der Waals surface area (Å²) in [6.45, 7) is 10.9. The van der Waals surface area contributed by atoms with Crippen molar-refractivity contribution in [3.05, 3.63) is 28.8 Å². The van der Waals surface area contributed by atoms with E-state index in [0.29, 0.717) is 11.6 Å². The number of carbonyl (C=O) groups is 2. The van der Waals surface area contributed by atoms with Gasteiger partial charge in [0.05, 0.1) is 6.54 Å². The van der Waals surface area contributed by atoms with Crippen molar-refractivity contribution in [2.45, 2.75) is 40.2 Å². The molecule has 0 heterocycles. The summed E-state index contributed by atoms with van der Waals surface area (Å²) in [4.78, 5) is 25.1. The van der Waals surface area contributed by atoms with Crippen molar-refractivity contribution in [1.29, 1.82) is 0 Å². The molecule has 1 aromatic carbocycles. The van der Waals surface area contributed by atoms with Gasteiger partial charge in [0.2, 0.25) is 0 Å². The van der Waals surface area contributed by atoms with Crippen molar-refractivity contribution in [1.82, 2.24) is 5.32 Å². The van der Waals surface area contributed by atoms with Crippen LogP contribution in [0.15, 0.2) is 18.2 Å². The second-order valence-electron chi connectivity index (χ2n) is 6.76. The van der Waals surface area contributed by atoms with Gasteiger partial charge in [-0.15, -0.1) is 0 Å². The summed E-state index contributed by atoms with van der Waals surface area (Å²) in [5, 5.41) is 6.43. The number of likely N-dealkylation sites (N-methyl/N-ethyl adjacent to an activating group) is 1. The number of rotatable bonds is 6. The van der Waals surface area contributed by atoms with Crippen molar-refractivity contribution in [3.63, 3.8) is 0 Å². The fraction of sp³-hybridized carbons (Fsp3) is 0.529. The van der Waals surface area contributed by atoms with E-state index in [1.54, 1.807) is 18.2 Å². The Kier molecular flexibility index (Phi) is 7.03. The minimum atomic E-state index is -0.265. The first kappa shape index (κ1) is 19.5. The van der Waals surface area contributed by atoms with Crippen LogP contribution >= 0.6 is 11.6 Å². The summed E-state index contributed by atoms with van der Waals surface area (Å²) in [6, 6.07) is 5.33. The number of hydrogen-bond acceptors (Lipinski definition) is 2. The molecule has 3 N–H and O–H groups in total. The molecule has 1 rings (SSSR count). The van der Waals surface area contributed by atoms with Gasteiger partial charge in [-0.05, 0) is 58.4 Å². The molecule has 6 heteroatoms. The Morgan fingerprint density at radius 1 is 1.17 bits per heavy atom. The van der Waals surface area contributed by atoms with Crippen LogP contribution in [0.4, 0.5) is 5.69 Å². The van der Waals surface area contributed by atoms with Gasteiger partial charge in [0.15, 0.2) is 13.1 Å². The van der Waals surface area contributed by atoms with E-state index in [-0.39, 0.29) is 30.4 Å². The van der Waals surface area contributed by atoms with E-state index in [1.807, 2.05) is 34.6 Å². The van der Waals surface area contributed by atoms with Gasteiger partial charge in [-0.3, -0.25) is 9.59 Å². The fourth-order valence-corrected chi connectivity index (χ4v) is 2.42. The van der Waals surface area contributed by atoms with Gasteiger partial charge < -0.3 is 15.5 Å². The molecule has 0 radical (unpaired) electrons. The second kappa shape index (κ2) is 8.31. The molecule has 0 saturated carbocycles. The third kappa shape index (κ3) is 7.48. The number of aryl methyl sites for hydroxylation is 1. The van der Waals surface area contributed by atoms with Crippen LogP contribution in [0.1, 0.15) is 33.3 Å². The number of nitrogens with one attached hydrogen (secondary N) is 3. The van der Waals surface area contributed by atoms with E-state index >= 15 is 0 Å². The highest BCUT2D eigenvalue weighted by Gasteiger charge is 2.20. The molecular weight excluding hydrogens is 314 g/mol. The maximum atomic E-state index is 12.2. The minimum Gasteiger partial charge on any atom is -0.347 e. The van der Waals surface area contributed by atoms with Crippen molar-refractivity contribution < 1.29 is 14.5 Å². The number of carbonyl (C=O) groups excluding carboxylic acids is 2. The quantitative estimate of drug-likeness (QED) is 0.733. The van der Waals surface area contributed by atoms with Gasteiger partial charge in [0.25, 0.3) is 11.8 Å². The Labute approximate surface area is 143 Å². The molecule has 0 spiro atoms. The van der Waals surface area contributed by atoms with E-state index in [2.05, 4.69) is 10.6 Å². The number of amides is 2. The molecule has 5 nitrogen and oxygen atoms in total. The van der Waals surface area contributed by atoms with Gasteiger partial charge in [-0.1, -0.05) is 11.6 Å². The average Bonchev–Trinajstić information content (AvgIpc) is 2.39. The van der Waals surface area contributed by atoms with Crippen LogP contribution in [0, 0.1) is 6.92 Å². The van der Waals surface area contributed by atoms with Crippen LogP contribution < -0.4 is 15.5 Å². The van der Waals surface area contributed by atoms with Gasteiger partial charge >= 0.3 is 0 Å². The molecule has 0 aromatic heterocycles. The average molecular weight is 341 g/mol. The van der Waals surface area contributed by atoms with E-state index in [0.717, 1.165) is 16.2 Å². The topological polar surface area (TPSA) is 62.6 Å². The van der Waals surface area contributed by atoms with Crippen LogP contribution in [-0.4, -0.2) is 37.0 Å². The maximum absolute atomic E-state index is 12.2. The van der Waals surface area contributed by atoms with E-state index in [1.165, 1.54) is 0 Å². The van der Waals surface area contributed by atoms with E-state index < -0.39 is 0 Å². The molecule has 0 aliphatic rings. The second-order valence-corrected chi connectivity index (χ2v) is 7.20. The molecule has 1 aromatic rings. The van der Waals surface area contributed by atoms with Crippen LogP contribution in [0.25, 0.3) is 0 Å². The monoisotopic (exact) mass is 340 g/mol. The van der Waals surface area contributed by atoms with Gasteiger partial charge in [-0.2, -0.15) is 0 Å². The molecule has 128 valence electrons. The summed E-state index contributed by atoms with van der Waals surface area (Å²) in [5.74, 6) is -0.166. The zero-order chi connectivity index (χ0) is 17.6. The Morgan fingerprint density at radius 2 is 1.78 bits per heavy atom. The number of hydrogen-bond donors (Lipinski definition) is 3. The molecule has 0 bridgehead atoms. The summed E-state index contributed by atoms with van der Waals surface area (Å²) >= 11 is 5.91. The summed E-state index contributed by atoms with van der Waals surface area (Å²) in [6.07, 6.45) is 0. The highest BCUT2D eigenvalue weighted by atomic mass is 35.5. The number of anilines is 1. The lowest BCUT2D eigenvalue weighted by atomic mass is 10.1. The lowest BCUT2D eigenvalue weighted by molar-refractivity contribution is -0.881. The molecular formula is C17H27ClN3O2+. The summed E-state index contributed by atoms with van der Waals surface area (Å²) in [7, 11) is 0. The predicted octanol–water partition coefficient (Wildman–Crippen LogP) is 1.41. The number of quaternary nitrogens is 1. The minimum absolute atomic E-state index is 0.0511. The van der Waals surface area contributed by atoms with Gasteiger partial charge in [0, 0.05) is 16.2 Å². The number of halogens is 1. The van der Waals surface area contributed by atoms with Crippen molar-refractivity contribution in [2.24, 2.45) is 0 Å². The number of benzene rings is 1. The first-order valence-corrected chi connectivity index (χ1v) is 8.19. The smallest absolute Gasteiger partial charge is 0.279 e. The normalized spacial score (nSPS) is 12.6. The third-order valence-electron chi connectivity index (χ3n) is 3.30. The molecule has 1 unspecified atom stereocenters. The van der Waals surface area contributed by atoms with Crippen LogP contribution in [0.3, 0.4) is 0 Å². The highest BCUT2D eigenvalue weighted by Crippen LogP contribution is 2.19. The highest BCUT2D eigenvalue weighted by molar-refractivity contribution is 6.30. The van der Waals surface area contributed by atoms with Crippen molar-refractivity contribution in [3.8, 4) is 0 Å². The Bertz CT molecular complexity index is 567. The summed E-state index contributed by atoms with van der Waals surface area (Å²) < 4.78 is 0. The van der Waals surface area contributed by atoms with Crippen LogP contribution in [0.2, 0.25) is 5.02 Å². The summed E-state index contributed by atoms with van der Waals surface area (Å²) in [5.41, 5.74) is 1.39. The largest absolute Gasteiger partial charge is 0.347 e. The Hall–Kier alpha value is -1.59. The Balaban J connectivity index is 2.58. The lowest BCUT2D eigenvalue weighted by Gasteiger charge is -2.23. The zero-order valence-corrected chi connectivity index (χ0v) is 15.3. The first-order chi connectivity index (χ1) is 10.6. The molecule has 0 fully saturated rings. The zero-order valence-electron chi connectivity index (χ0n) is 14.5. The molecule has 2 amide bonds. The van der Waals surface area contributed by atoms with E-state index in [9.17, 15) is 9.59 Å². The van der Waals surface area contributed by atoms with Crippen molar-refractivity contribution >= 4 is 29.1 Å². The molecule has 23 heavy (non-hydrogen) atoms. The van der Waals surface area contributed by atoms with Gasteiger partial charge in [-0.25, -0.2) is 0 Å². The molecule has 0 saturated heterocycles. The van der Waals surface area contributed by atoms with Gasteiger partial charge in [0.1, 0.15) is 0 Å². The molecule has 1 atom stereocenters.